The molecule has 0 unspecified atom stereocenters. The fraction of sp³-hybridized carbons (Fsp3) is 0.200. The maximum absolute atomic E-state index is 10.6. The molecule has 0 saturated heterocycles. The summed E-state index contributed by atoms with van der Waals surface area (Å²) >= 11 is 3.07. The summed E-state index contributed by atoms with van der Waals surface area (Å²) in [4.78, 5) is 10.6. The average Bonchev–Trinajstić information content (AvgIpc) is 1.80. The lowest BCUT2D eigenvalue weighted by atomic mass is 10.6. The molecule has 0 atom stereocenters. The number of halogens is 1. The van der Waals surface area contributed by atoms with Crippen LogP contribution in [0.5, 0.6) is 0 Å². The summed E-state index contributed by atoms with van der Waals surface area (Å²) in [6.07, 6.45) is 2.88. The van der Waals surface area contributed by atoms with Crippen molar-refractivity contribution in [1.29, 1.82) is 0 Å². The van der Waals surface area contributed by atoms with Crippen LogP contribution in [0.15, 0.2) is 21.7 Å². The van der Waals surface area contributed by atoms with Crippen LogP contribution in [0.4, 0.5) is 0 Å². The molecule has 0 saturated carbocycles. The summed E-state index contributed by atoms with van der Waals surface area (Å²) < 4.78 is 2.10. The second-order valence-corrected chi connectivity index (χ2v) is 2.51. The third-order valence-electron chi connectivity index (χ3n) is 0.893. The fourth-order valence-corrected chi connectivity index (χ4v) is 0.865. The van der Waals surface area contributed by atoms with Crippen LogP contribution in [0.25, 0.3) is 0 Å². The lowest BCUT2D eigenvalue weighted by Gasteiger charge is -1.92. The quantitative estimate of drug-likeness (QED) is 0.597. The highest BCUT2D eigenvalue weighted by molar-refractivity contribution is 9.10. The van der Waals surface area contributed by atoms with Crippen LogP contribution < -0.4 is 5.43 Å². The largest absolute Gasteiger partial charge is 0.287 e. The predicted molar refractivity (Wildman–Crippen MR) is 37.2 cm³/mol. The first kappa shape index (κ1) is 6.48. The SMILES string of the molecule is Cn1cc(Br)c(=O)cn1. The van der Waals surface area contributed by atoms with Crippen molar-refractivity contribution in [2.45, 2.75) is 0 Å². The topological polar surface area (TPSA) is 34.9 Å². The molecular formula is C5H5BrN2O. The van der Waals surface area contributed by atoms with E-state index in [2.05, 4.69) is 21.0 Å². The summed E-state index contributed by atoms with van der Waals surface area (Å²) in [5.41, 5.74) is -0.0897. The second-order valence-electron chi connectivity index (χ2n) is 1.66. The molecule has 0 aliphatic rings. The highest BCUT2D eigenvalue weighted by Gasteiger charge is 1.91. The highest BCUT2D eigenvalue weighted by Crippen LogP contribution is 1.96. The maximum atomic E-state index is 10.6. The average molecular weight is 189 g/mol. The van der Waals surface area contributed by atoms with Crippen molar-refractivity contribution in [3.63, 3.8) is 0 Å². The lowest BCUT2D eigenvalue weighted by molar-refractivity contribution is 0.730. The van der Waals surface area contributed by atoms with Gasteiger partial charge in [-0.15, -0.1) is 0 Å². The van der Waals surface area contributed by atoms with Crippen LogP contribution in [0.1, 0.15) is 0 Å². The van der Waals surface area contributed by atoms with Crippen molar-refractivity contribution in [2.24, 2.45) is 7.05 Å². The van der Waals surface area contributed by atoms with Gasteiger partial charge in [-0.3, -0.25) is 9.48 Å². The van der Waals surface area contributed by atoms with Gasteiger partial charge in [0.2, 0.25) is 5.43 Å². The van der Waals surface area contributed by atoms with E-state index in [9.17, 15) is 4.79 Å². The van der Waals surface area contributed by atoms with Crippen LogP contribution in [-0.2, 0) is 7.05 Å². The molecule has 1 heterocycles. The third-order valence-corrected chi connectivity index (χ3v) is 1.49. The Kier molecular flexibility index (Phi) is 1.66. The van der Waals surface area contributed by atoms with Gasteiger partial charge in [0.25, 0.3) is 0 Å². The lowest BCUT2D eigenvalue weighted by Crippen LogP contribution is -2.07. The summed E-state index contributed by atoms with van der Waals surface area (Å²) in [6.45, 7) is 0. The van der Waals surface area contributed by atoms with Gasteiger partial charge in [-0.25, -0.2) is 0 Å². The van der Waals surface area contributed by atoms with Gasteiger partial charge in [0.05, 0.1) is 10.7 Å². The standard InChI is InChI=1S/C5H5BrN2O/c1-8-3-4(6)5(9)2-7-8/h2-3H,1H3. The zero-order chi connectivity index (χ0) is 6.85. The molecule has 1 aromatic heterocycles. The van der Waals surface area contributed by atoms with Crippen LogP contribution in [0.3, 0.4) is 0 Å². The molecule has 1 aromatic rings. The van der Waals surface area contributed by atoms with E-state index < -0.39 is 0 Å². The van der Waals surface area contributed by atoms with E-state index in [1.54, 1.807) is 17.9 Å². The van der Waals surface area contributed by atoms with Crippen molar-refractivity contribution < 1.29 is 0 Å². The molecule has 0 bridgehead atoms. The number of aromatic nitrogens is 2. The van der Waals surface area contributed by atoms with Crippen molar-refractivity contribution in [3.8, 4) is 0 Å². The van der Waals surface area contributed by atoms with Gasteiger partial charge in [0.1, 0.15) is 0 Å². The molecule has 0 N–H and O–H groups in total. The first-order valence-corrected chi connectivity index (χ1v) is 3.18. The van der Waals surface area contributed by atoms with E-state index in [1.165, 1.54) is 6.20 Å². The van der Waals surface area contributed by atoms with E-state index in [0.717, 1.165) is 0 Å². The number of aryl methyl sites for hydroxylation is 1. The monoisotopic (exact) mass is 188 g/mol. The predicted octanol–water partition coefficient (Wildman–Crippen LogP) is 0.543. The Morgan fingerprint density at radius 3 is 2.89 bits per heavy atom. The van der Waals surface area contributed by atoms with Crippen molar-refractivity contribution in [1.82, 2.24) is 9.78 Å². The van der Waals surface area contributed by atoms with Gasteiger partial charge in [0, 0.05) is 13.2 Å². The van der Waals surface area contributed by atoms with Gasteiger partial charge in [-0.2, -0.15) is 5.10 Å². The van der Waals surface area contributed by atoms with Gasteiger partial charge in [-0.05, 0) is 15.9 Å². The van der Waals surface area contributed by atoms with E-state index in [0.29, 0.717) is 4.47 Å². The van der Waals surface area contributed by atoms with Crippen LogP contribution in [0, 0.1) is 0 Å². The Morgan fingerprint density at radius 1 is 1.78 bits per heavy atom. The Labute approximate surface area is 60.4 Å². The first-order chi connectivity index (χ1) is 4.20. The Bertz CT molecular complexity index is 268. The molecular weight excluding hydrogens is 184 g/mol. The number of hydrogen-bond donors (Lipinski definition) is 0. The van der Waals surface area contributed by atoms with E-state index in [-0.39, 0.29) is 5.43 Å². The molecule has 1 rings (SSSR count). The normalized spacial score (nSPS) is 9.56. The van der Waals surface area contributed by atoms with E-state index >= 15 is 0 Å². The number of nitrogens with zero attached hydrogens (tertiary/aromatic N) is 2. The minimum Gasteiger partial charge on any atom is -0.287 e. The summed E-state index contributed by atoms with van der Waals surface area (Å²) in [5, 5.41) is 3.71. The minimum absolute atomic E-state index is 0.0897. The van der Waals surface area contributed by atoms with Crippen LogP contribution in [-0.4, -0.2) is 9.78 Å². The van der Waals surface area contributed by atoms with Gasteiger partial charge in [-0.1, -0.05) is 0 Å². The Morgan fingerprint density at radius 2 is 2.44 bits per heavy atom. The molecule has 0 amide bonds. The highest BCUT2D eigenvalue weighted by atomic mass is 79.9. The van der Waals surface area contributed by atoms with Crippen LogP contribution >= 0.6 is 15.9 Å². The van der Waals surface area contributed by atoms with Crippen LogP contribution in [0.2, 0.25) is 0 Å². The number of hydrogen-bond acceptors (Lipinski definition) is 2. The number of rotatable bonds is 0. The minimum atomic E-state index is -0.0897. The Hall–Kier alpha value is -0.640. The Balaban J connectivity index is 3.34. The van der Waals surface area contributed by atoms with Crippen molar-refractivity contribution in [2.75, 3.05) is 0 Å². The molecule has 0 radical (unpaired) electrons. The van der Waals surface area contributed by atoms with Gasteiger partial charge >= 0.3 is 0 Å². The van der Waals surface area contributed by atoms with E-state index in [1.807, 2.05) is 0 Å². The molecule has 0 spiro atoms. The molecule has 9 heavy (non-hydrogen) atoms. The summed E-state index contributed by atoms with van der Waals surface area (Å²) in [5.74, 6) is 0. The van der Waals surface area contributed by atoms with Gasteiger partial charge in [0.15, 0.2) is 0 Å². The summed E-state index contributed by atoms with van der Waals surface area (Å²) in [7, 11) is 1.75. The molecule has 0 fully saturated rings. The second kappa shape index (κ2) is 2.31. The van der Waals surface area contributed by atoms with Crippen molar-refractivity contribution >= 4 is 15.9 Å². The zero-order valence-corrected chi connectivity index (χ0v) is 6.42. The molecule has 4 heteroatoms. The zero-order valence-electron chi connectivity index (χ0n) is 4.84. The summed E-state index contributed by atoms with van der Waals surface area (Å²) in [6, 6.07) is 0. The third kappa shape index (κ3) is 1.38. The maximum Gasteiger partial charge on any atom is 0.214 e. The fourth-order valence-electron chi connectivity index (χ4n) is 0.466. The molecule has 48 valence electrons. The first-order valence-electron chi connectivity index (χ1n) is 2.38. The van der Waals surface area contributed by atoms with Gasteiger partial charge < -0.3 is 0 Å². The molecule has 0 aliphatic heterocycles. The molecule has 0 aromatic carbocycles. The molecule has 3 nitrogen and oxygen atoms in total. The molecule has 0 aliphatic carbocycles. The van der Waals surface area contributed by atoms with E-state index in [4.69, 9.17) is 0 Å². The smallest absolute Gasteiger partial charge is 0.214 e. The van der Waals surface area contributed by atoms with Crippen molar-refractivity contribution in [3.05, 3.63) is 27.1 Å².